The lowest BCUT2D eigenvalue weighted by molar-refractivity contribution is -0.149. The lowest BCUT2D eigenvalue weighted by atomic mass is 10.1. The summed E-state index contributed by atoms with van der Waals surface area (Å²) in [7, 11) is 0. The van der Waals surface area contributed by atoms with E-state index >= 15 is 0 Å². The van der Waals surface area contributed by atoms with Crippen molar-refractivity contribution in [2.75, 3.05) is 44.6 Å². The number of amides is 3. The van der Waals surface area contributed by atoms with Gasteiger partial charge in [0.15, 0.2) is 0 Å². The van der Waals surface area contributed by atoms with Gasteiger partial charge < -0.3 is 20.3 Å². The maximum absolute atomic E-state index is 12.9. The highest BCUT2D eigenvalue weighted by atomic mass is 16.5. The van der Waals surface area contributed by atoms with Crippen molar-refractivity contribution in [3.05, 3.63) is 29.8 Å². The van der Waals surface area contributed by atoms with Crippen molar-refractivity contribution in [2.24, 2.45) is 5.92 Å². The number of carbonyl (C=O) groups is 4. The summed E-state index contributed by atoms with van der Waals surface area (Å²) in [5.41, 5.74) is 1.07. The maximum atomic E-state index is 12.9. The Bertz CT molecular complexity index is 880. The SMILES string of the molecule is CC(C)COC(=O)CC1C(=O)NCCN1CC(=O)Nc1cccc(C(=O)N2CCCCCC2)c1. The molecule has 2 fully saturated rings. The normalized spacial score (nSPS) is 19.3. The van der Waals surface area contributed by atoms with Gasteiger partial charge in [-0.3, -0.25) is 24.1 Å². The third-order valence-electron chi connectivity index (χ3n) is 6.01. The third-order valence-corrected chi connectivity index (χ3v) is 6.01. The van der Waals surface area contributed by atoms with E-state index in [1.807, 2.05) is 18.7 Å². The Morgan fingerprint density at radius 2 is 1.85 bits per heavy atom. The van der Waals surface area contributed by atoms with E-state index in [1.165, 1.54) is 0 Å². The molecule has 0 bridgehead atoms. The lowest BCUT2D eigenvalue weighted by Gasteiger charge is -2.33. The van der Waals surface area contributed by atoms with Crippen LogP contribution in [0.25, 0.3) is 0 Å². The van der Waals surface area contributed by atoms with Gasteiger partial charge in [-0.25, -0.2) is 0 Å². The summed E-state index contributed by atoms with van der Waals surface area (Å²) in [6.07, 6.45) is 4.21. The fraction of sp³-hybridized carbons (Fsp3) is 0.600. The molecule has 2 aliphatic heterocycles. The van der Waals surface area contributed by atoms with Gasteiger partial charge in [0.2, 0.25) is 11.8 Å². The first-order valence-electron chi connectivity index (χ1n) is 12.2. The first kappa shape index (κ1) is 25.7. The summed E-state index contributed by atoms with van der Waals surface area (Å²) in [5, 5.41) is 5.58. The first-order chi connectivity index (χ1) is 16.3. The van der Waals surface area contributed by atoms with E-state index in [4.69, 9.17) is 4.74 Å². The van der Waals surface area contributed by atoms with Crippen LogP contribution in [0.15, 0.2) is 24.3 Å². The molecular weight excluding hydrogens is 436 g/mol. The minimum Gasteiger partial charge on any atom is -0.465 e. The number of ether oxygens (including phenoxy) is 1. The Morgan fingerprint density at radius 1 is 1.12 bits per heavy atom. The molecule has 2 heterocycles. The Labute approximate surface area is 201 Å². The van der Waals surface area contributed by atoms with Crippen molar-refractivity contribution in [2.45, 2.75) is 52.0 Å². The number of benzene rings is 1. The van der Waals surface area contributed by atoms with E-state index in [9.17, 15) is 19.2 Å². The van der Waals surface area contributed by atoms with Crippen LogP contribution in [0.5, 0.6) is 0 Å². The quantitative estimate of drug-likeness (QED) is 0.561. The summed E-state index contributed by atoms with van der Waals surface area (Å²) in [6.45, 7) is 6.50. The average Bonchev–Trinajstić information content (AvgIpc) is 3.09. The Balaban J connectivity index is 1.59. The minimum atomic E-state index is -0.755. The van der Waals surface area contributed by atoms with Crippen molar-refractivity contribution in [1.29, 1.82) is 0 Å². The highest BCUT2D eigenvalue weighted by Gasteiger charge is 2.33. The number of rotatable bonds is 8. The Morgan fingerprint density at radius 3 is 2.56 bits per heavy atom. The number of nitrogens with zero attached hydrogens (tertiary/aromatic N) is 2. The molecule has 1 atom stereocenters. The molecule has 1 aromatic rings. The molecule has 1 unspecified atom stereocenters. The zero-order valence-electron chi connectivity index (χ0n) is 20.2. The van der Waals surface area contributed by atoms with Crippen LogP contribution in [0.1, 0.15) is 56.3 Å². The number of piperazine rings is 1. The maximum Gasteiger partial charge on any atom is 0.307 e. The zero-order chi connectivity index (χ0) is 24.5. The number of nitrogens with one attached hydrogen (secondary N) is 2. The zero-order valence-corrected chi connectivity index (χ0v) is 20.2. The lowest BCUT2D eigenvalue weighted by Crippen LogP contribution is -2.57. The fourth-order valence-corrected chi connectivity index (χ4v) is 4.22. The van der Waals surface area contributed by atoms with Gasteiger partial charge in [-0.1, -0.05) is 32.8 Å². The molecule has 3 amide bonds. The number of carbonyl (C=O) groups excluding carboxylic acids is 4. The summed E-state index contributed by atoms with van der Waals surface area (Å²) >= 11 is 0. The summed E-state index contributed by atoms with van der Waals surface area (Å²) in [4.78, 5) is 53.8. The fourth-order valence-electron chi connectivity index (χ4n) is 4.22. The van der Waals surface area contributed by atoms with Crippen molar-refractivity contribution < 1.29 is 23.9 Å². The summed E-state index contributed by atoms with van der Waals surface area (Å²) in [5.74, 6) is -0.875. The molecule has 9 nitrogen and oxygen atoms in total. The predicted molar refractivity (Wildman–Crippen MR) is 128 cm³/mol. The highest BCUT2D eigenvalue weighted by molar-refractivity contribution is 5.98. The van der Waals surface area contributed by atoms with E-state index < -0.39 is 12.0 Å². The van der Waals surface area contributed by atoms with Gasteiger partial charge in [-0.15, -0.1) is 0 Å². The molecule has 3 rings (SSSR count). The predicted octanol–water partition coefficient (Wildman–Crippen LogP) is 2.03. The second-order valence-electron chi connectivity index (χ2n) is 9.39. The second-order valence-corrected chi connectivity index (χ2v) is 9.39. The molecule has 2 saturated heterocycles. The Kier molecular flexibility index (Phi) is 9.44. The summed E-state index contributed by atoms with van der Waals surface area (Å²) < 4.78 is 5.21. The van der Waals surface area contributed by atoms with Crippen molar-refractivity contribution in [3.63, 3.8) is 0 Å². The second kappa shape index (κ2) is 12.5. The number of esters is 1. The van der Waals surface area contributed by atoms with Crippen LogP contribution in [0, 0.1) is 5.92 Å². The van der Waals surface area contributed by atoms with E-state index in [0.717, 1.165) is 38.8 Å². The molecule has 0 aromatic heterocycles. The molecule has 2 aliphatic rings. The average molecular weight is 473 g/mol. The van der Waals surface area contributed by atoms with Crippen LogP contribution < -0.4 is 10.6 Å². The van der Waals surface area contributed by atoms with Gasteiger partial charge in [0, 0.05) is 37.4 Å². The van der Waals surface area contributed by atoms with Gasteiger partial charge >= 0.3 is 5.97 Å². The van der Waals surface area contributed by atoms with Gasteiger partial charge in [0.1, 0.15) is 6.04 Å². The first-order valence-corrected chi connectivity index (χ1v) is 12.2. The molecule has 0 saturated carbocycles. The van der Waals surface area contributed by atoms with Gasteiger partial charge in [0.05, 0.1) is 19.6 Å². The topological polar surface area (TPSA) is 108 Å². The molecule has 34 heavy (non-hydrogen) atoms. The number of hydrogen-bond donors (Lipinski definition) is 2. The Hall–Kier alpha value is -2.94. The van der Waals surface area contributed by atoms with Crippen LogP contribution in [0.3, 0.4) is 0 Å². The molecule has 9 heteroatoms. The van der Waals surface area contributed by atoms with Crippen LogP contribution in [0.2, 0.25) is 0 Å². The van der Waals surface area contributed by atoms with Gasteiger partial charge in [0.25, 0.3) is 5.91 Å². The number of anilines is 1. The molecule has 0 spiro atoms. The van der Waals surface area contributed by atoms with Crippen LogP contribution in [0.4, 0.5) is 5.69 Å². The van der Waals surface area contributed by atoms with E-state index in [0.29, 0.717) is 30.9 Å². The van der Waals surface area contributed by atoms with E-state index in [-0.39, 0.29) is 36.6 Å². The summed E-state index contributed by atoms with van der Waals surface area (Å²) in [6, 6.07) is 6.18. The van der Waals surface area contributed by atoms with Crippen molar-refractivity contribution >= 4 is 29.4 Å². The van der Waals surface area contributed by atoms with Crippen LogP contribution >= 0.6 is 0 Å². The van der Waals surface area contributed by atoms with E-state index in [2.05, 4.69) is 10.6 Å². The van der Waals surface area contributed by atoms with Crippen LogP contribution in [-0.2, 0) is 19.1 Å². The molecule has 186 valence electrons. The number of likely N-dealkylation sites (tertiary alicyclic amines) is 1. The molecule has 0 radical (unpaired) electrons. The number of hydrogen-bond acceptors (Lipinski definition) is 6. The molecule has 2 N–H and O–H groups in total. The smallest absolute Gasteiger partial charge is 0.307 e. The van der Waals surface area contributed by atoms with Crippen molar-refractivity contribution in [3.8, 4) is 0 Å². The largest absolute Gasteiger partial charge is 0.465 e. The third kappa shape index (κ3) is 7.55. The highest BCUT2D eigenvalue weighted by Crippen LogP contribution is 2.17. The minimum absolute atomic E-state index is 0.0225. The molecule has 0 aliphatic carbocycles. The monoisotopic (exact) mass is 472 g/mol. The standard InChI is InChI=1S/C25H36N4O5/c1-18(2)17-34-23(31)15-21-24(32)26-10-13-29(21)16-22(30)27-20-9-7-8-19(14-20)25(33)28-11-5-3-4-6-12-28/h7-9,14,18,21H,3-6,10-13,15-17H2,1-2H3,(H,26,32)(H,27,30). The van der Waals surface area contributed by atoms with E-state index in [1.54, 1.807) is 29.2 Å². The van der Waals surface area contributed by atoms with Crippen LogP contribution in [-0.4, -0.2) is 78.9 Å². The molecule has 1 aromatic carbocycles. The van der Waals surface area contributed by atoms with Gasteiger partial charge in [-0.05, 0) is 37.0 Å². The van der Waals surface area contributed by atoms with Gasteiger partial charge in [-0.2, -0.15) is 0 Å². The molecular formula is C25H36N4O5. The van der Waals surface area contributed by atoms with Crippen molar-refractivity contribution in [1.82, 2.24) is 15.1 Å².